The summed E-state index contributed by atoms with van der Waals surface area (Å²) >= 11 is 0. The molecule has 0 saturated carbocycles. The molecule has 0 aliphatic carbocycles. The lowest BCUT2D eigenvalue weighted by molar-refractivity contribution is -0.119. The third-order valence-corrected chi connectivity index (χ3v) is 4.71. The van der Waals surface area contributed by atoms with Gasteiger partial charge in [0, 0.05) is 12.2 Å². The van der Waals surface area contributed by atoms with E-state index in [9.17, 15) is 13.2 Å². The van der Waals surface area contributed by atoms with Crippen LogP contribution in [0.1, 0.15) is 24.0 Å². The van der Waals surface area contributed by atoms with Crippen LogP contribution in [-0.2, 0) is 14.8 Å². The molecule has 0 bridgehead atoms. The summed E-state index contributed by atoms with van der Waals surface area (Å²) in [5, 5.41) is 2.82. The molecule has 0 spiro atoms. The highest BCUT2D eigenvalue weighted by Crippen LogP contribution is 2.22. The molecular formula is C14H20N2O3S. The van der Waals surface area contributed by atoms with Gasteiger partial charge in [-0.25, -0.2) is 8.42 Å². The van der Waals surface area contributed by atoms with Crippen molar-refractivity contribution >= 4 is 21.6 Å². The molecule has 20 heavy (non-hydrogen) atoms. The predicted molar refractivity (Wildman–Crippen MR) is 79.1 cm³/mol. The minimum Gasteiger partial charge on any atom is -0.325 e. The molecule has 1 heterocycles. The highest BCUT2D eigenvalue weighted by Gasteiger charge is 2.36. The van der Waals surface area contributed by atoms with Crippen molar-refractivity contribution in [2.75, 3.05) is 18.1 Å². The Morgan fingerprint density at radius 1 is 1.25 bits per heavy atom. The van der Waals surface area contributed by atoms with E-state index in [4.69, 9.17) is 0 Å². The van der Waals surface area contributed by atoms with Crippen molar-refractivity contribution in [3.05, 3.63) is 29.3 Å². The van der Waals surface area contributed by atoms with Gasteiger partial charge in [0.1, 0.15) is 6.04 Å². The van der Waals surface area contributed by atoms with Gasteiger partial charge in [-0.05, 0) is 49.9 Å². The Labute approximate surface area is 120 Å². The maximum Gasteiger partial charge on any atom is 0.242 e. The van der Waals surface area contributed by atoms with Crippen LogP contribution in [0.4, 0.5) is 5.69 Å². The Morgan fingerprint density at radius 2 is 1.85 bits per heavy atom. The van der Waals surface area contributed by atoms with Crippen molar-refractivity contribution in [3.63, 3.8) is 0 Å². The molecule has 1 saturated heterocycles. The largest absolute Gasteiger partial charge is 0.325 e. The van der Waals surface area contributed by atoms with Gasteiger partial charge < -0.3 is 5.32 Å². The summed E-state index contributed by atoms with van der Waals surface area (Å²) in [6, 6.07) is 5.19. The van der Waals surface area contributed by atoms with Crippen LogP contribution in [0.15, 0.2) is 18.2 Å². The number of nitrogens with one attached hydrogen (secondary N) is 1. The maximum atomic E-state index is 12.3. The van der Waals surface area contributed by atoms with Crippen molar-refractivity contribution in [2.24, 2.45) is 0 Å². The molecule has 6 heteroatoms. The topological polar surface area (TPSA) is 66.5 Å². The lowest BCUT2D eigenvalue weighted by atomic mass is 10.1. The number of sulfonamides is 1. The first-order valence-electron chi connectivity index (χ1n) is 6.63. The van der Waals surface area contributed by atoms with Crippen LogP contribution < -0.4 is 5.32 Å². The molecular weight excluding hydrogens is 276 g/mol. The Morgan fingerprint density at radius 3 is 2.40 bits per heavy atom. The van der Waals surface area contributed by atoms with Crippen molar-refractivity contribution in [2.45, 2.75) is 32.7 Å². The van der Waals surface area contributed by atoms with Gasteiger partial charge in [-0.15, -0.1) is 0 Å². The van der Waals surface area contributed by atoms with E-state index < -0.39 is 16.1 Å². The fourth-order valence-electron chi connectivity index (χ4n) is 2.67. The summed E-state index contributed by atoms with van der Waals surface area (Å²) in [6.07, 6.45) is 2.44. The number of amides is 1. The van der Waals surface area contributed by atoms with Crippen LogP contribution in [0.5, 0.6) is 0 Å². The van der Waals surface area contributed by atoms with E-state index in [0.717, 1.165) is 23.8 Å². The zero-order valence-electron chi connectivity index (χ0n) is 12.0. The third kappa shape index (κ3) is 3.37. The minimum atomic E-state index is -3.33. The summed E-state index contributed by atoms with van der Waals surface area (Å²) in [4.78, 5) is 12.3. The Hall–Kier alpha value is -1.40. The zero-order valence-corrected chi connectivity index (χ0v) is 12.8. The molecule has 1 aromatic rings. The summed E-state index contributed by atoms with van der Waals surface area (Å²) < 4.78 is 24.6. The van der Waals surface area contributed by atoms with E-state index >= 15 is 0 Å². The molecule has 110 valence electrons. The first-order chi connectivity index (χ1) is 9.27. The number of benzene rings is 1. The maximum absolute atomic E-state index is 12.3. The van der Waals surface area contributed by atoms with Gasteiger partial charge in [0.25, 0.3) is 0 Å². The Balaban J connectivity index is 2.15. The lowest BCUT2D eigenvalue weighted by Gasteiger charge is -2.21. The number of hydrogen-bond donors (Lipinski definition) is 1. The van der Waals surface area contributed by atoms with E-state index in [2.05, 4.69) is 5.32 Å². The average Bonchev–Trinajstić information content (AvgIpc) is 2.75. The normalized spacial score (nSPS) is 20.1. The van der Waals surface area contributed by atoms with E-state index in [1.807, 2.05) is 32.0 Å². The molecule has 0 aromatic heterocycles. The van der Waals surface area contributed by atoms with Gasteiger partial charge in [-0.3, -0.25) is 4.79 Å². The van der Waals surface area contributed by atoms with Gasteiger partial charge in [0.05, 0.1) is 6.26 Å². The second kappa shape index (κ2) is 5.54. The smallest absolute Gasteiger partial charge is 0.242 e. The van der Waals surface area contributed by atoms with Crippen molar-refractivity contribution in [1.29, 1.82) is 0 Å². The standard InChI is InChI=1S/C14H20N2O3S/c1-10-7-11(2)9-12(8-10)15-14(17)13-5-4-6-16(13)20(3,18)19/h7-9,13H,4-6H2,1-3H3,(H,15,17)/t13-/m1/s1. The molecule has 1 N–H and O–H groups in total. The summed E-state index contributed by atoms with van der Waals surface area (Å²) in [5.41, 5.74) is 2.84. The SMILES string of the molecule is Cc1cc(C)cc(NC(=O)[C@H]2CCCN2S(C)(=O)=O)c1. The van der Waals surface area contributed by atoms with Crippen molar-refractivity contribution in [1.82, 2.24) is 4.31 Å². The van der Waals surface area contributed by atoms with Crippen LogP contribution in [0.2, 0.25) is 0 Å². The second-order valence-corrected chi connectivity index (χ2v) is 7.33. The molecule has 1 atom stereocenters. The molecule has 1 aliphatic heterocycles. The number of carbonyl (C=O) groups is 1. The minimum absolute atomic E-state index is 0.252. The van der Waals surface area contributed by atoms with Gasteiger partial charge >= 0.3 is 0 Å². The van der Waals surface area contributed by atoms with E-state index in [1.54, 1.807) is 0 Å². The highest BCUT2D eigenvalue weighted by molar-refractivity contribution is 7.88. The van der Waals surface area contributed by atoms with Gasteiger partial charge in [0.15, 0.2) is 0 Å². The highest BCUT2D eigenvalue weighted by atomic mass is 32.2. The summed E-state index contributed by atoms with van der Waals surface area (Å²) in [7, 11) is -3.33. The molecule has 1 amide bonds. The molecule has 1 aromatic carbocycles. The van der Waals surface area contributed by atoms with Gasteiger partial charge in [0.2, 0.25) is 15.9 Å². The van der Waals surface area contributed by atoms with Crippen LogP contribution >= 0.6 is 0 Å². The van der Waals surface area contributed by atoms with E-state index in [0.29, 0.717) is 18.7 Å². The quantitative estimate of drug-likeness (QED) is 0.922. The fourth-order valence-corrected chi connectivity index (χ4v) is 3.80. The Kier molecular flexibility index (Phi) is 4.15. The summed E-state index contributed by atoms with van der Waals surface area (Å²) in [5.74, 6) is -0.252. The monoisotopic (exact) mass is 296 g/mol. The first kappa shape index (κ1) is 15.0. The average molecular weight is 296 g/mol. The van der Waals surface area contributed by atoms with E-state index in [-0.39, 0.29) is 5.91 Å². The van der Waals surface area contributed by atoms with Crippen LogP contribution in [0, 0.1) is 13.8 Å². The van der Waals surface area contributed by atoms with E-state index in [1.165, 1.54) is 4.31 Å². The third-order valence-electron chi connectivity index (χ3n) is 3.42. The van der Waals surface area contributed by atoms with Crippen molar-refractivity contribution < 1.29 is 13.2 Å². The number of hydrogen-bond acceptors (Lipinski definition) is 3. The molecule has 0 unspecified atom stereocenters. The van der Waals surface area contributed by atoms with Crippen molar-refractivity contribution in [3.8, 4) is 0 Å². The Bertz CT molecular complexity index is 605. The zero-order chi connectivity index (χ0) is 14.9. The molecule has 2 rings (SSSR count). The fraction of sp³-hybridized carbons (Fsp3) is 0.500. The first-order valence-corrected chi connectivity index (χ1v) is 8.48. The van der Waals surface area contributed by atoms with Gasteiger partial charge in [-0.2, -0.15) is 4.31 Å². The number of rotatable bonds is 3. The summed E-state index contributed by atoms with van der Waals surface area (Å²) in [6.45, 7) is 4.34. The van der Waals surface area contributed by atoms with Crippen LogP contribution in [0.25, 0.3) is 0 Å². The molecule has 0 radical (unpaired) electrons. The molecule has 1 aliphatic rings. The van der Waals surface area contributed by atoms with Crippen LogP contribution in [-0.4, -0.2) is 37.5 Å². The number of carbonyl (C=O) groups excluding carboxylic acids is 1. The van der Waals surface area contributed by atoms with Crippen LogP contribution in [0.3, 0.4) is 0 Å². The number of aryl methyl sites for hydroxylation is 2. The van der Waals surface area contributed by atoms with Gasteiger partial charge in [-0.1, -0.05) is 6.07 Å². The lowest BCUT2D eigenvalue weighted by Crippen LogP contribution is -2.42. The predicted octanol–water partition coefficient (Wildman–Crippen LogP) is 1.67. The number of nitrogens with zero attached hydrogens (tertiary/aromatic N) is 1. The molecule has 1 fully saturated rings. The molecule has 5 nitrogen and oxygen atoms in total. The number of anilines is 1. The second-order valence-electron chi connectivity index (χ2n) is 5.40.